The van der Waals surface area contributed by atoms with E-state index in [2.05, 4.69) is 15.5 Å². The summed E-state index contributed by atoms with van der Waals surface area (Å²) in [4.78, 5) is 12.4. The van der Waals surface area contributed by atoms with Gasteiger partial charge in [0.2, 0.25) is 5.91 Å². The first-order valence-electron chi connectivity index (χ1n) is 10.1. The molecule has 0 aliphatic rings. The molecule has 0 bridgehead atoms. The Balaban J connectivity index is 1.65. The van der Waals surface area contributed by atoms with Crippen molar-refractivity contribution in [1.82, 2.24) is 14.8 Å². The molecule has 6 nitrogen and oxygen atoms in total. The van der Waals surface area contributed by atoms with E-state index in [1.165, 1.54) is 17.3 Å². The molecule has 0 aliphatic heterocycles. The summed E-state index contributed by atoms with van der Waals surface area (Å²) in [6.07, 6.45) is -0.300. The number of ether oxygens (including phenoxy) is 1. The maximum atomic E-state index is 12.4. The van der Waals surface area contributed by atoms with Crippen LogP contribution in [0, 0.1) is 20.8 Å². The molecule has 1 aromatic heterocycles. The largest absolute Gasteiger partial charge is 0.482 e. The second-order valence-corrected chi connectivity index (χ2v) is 8.79. The van der Waals surface area contributed by atoms with Crippen LogP contribution < -0.4 is 10.1 Å². The summed E-state index contributed by atoms with van der Waals surface area (Å²) < 4.78 is 8.08. The quantitative estimate of drug-likeness (QED) is 0.435. The van der Waals surface area contributed by atoms with Crippen molar-refractivity contribution >= 4 is 35.0 Å². The zero-order valence-corrected chi connectivity index (χ0v) is 20.0. The number of benzene rings is 2. The maximum Gasteiger partial charge on any atom is 0.234 e. The molecular formula is C23H27ClN4O2S. The minimum atomic E-state index is -0.300. The lowest BCUT2D eigenvalue weighted by molar-refractivity contribution is -0.113. The van der Waals surface area contributed by atoms with Crippen molar-refractivity contribution in [3.8, 4) is 5.75 Å². The summed E-state index contributed by atoms with van der Waals surface area (Å²) in [5, 5.41) is 12.9. The number of amides is 1. The van der Waals surface area contributed by atoms with Crippen LogP contribution in [0.3, 0.4) is 0 Å². The molecule has 0 aliphatic carbocycles. The molecule has 164 valence electrons. The third kappa shape index (κ3) is 5.80. The van der Waals surface area contributed by atoms with E-state index in [1.54, 1.807) is 6.07 Å². The Bertz CT molecular complexity index is 1080. The average Bonchev–Trinajstić information content (AvgIpc) is 3.13. The molecular weight excluding hydrogens is 432 g/mol. The highest BCUT2D eigenvalue weighted by molar-refractivity contribution is 7.99. The molecule has 0 fully saturated rings. The molecule has 0 saturated carbocycles. The lowest BCUT2D eigenvalue weighted by atomic mass is 10.1. The third-order valence-corrected chi connectivity index (χ3v) is 6.06. The Hall–Kier alpha value is -2.51. The van der Waals surface area contributed by atoms with Gasteiger partial charge >= 0.3 is 0 Å². The standard InChI is InChI=1S/C23H27ClN4O2S/c1-6-28-22(17(5)30-20-10-8-18(24)12-16(20)4)26-27-23(28)31-13-21(29)25-19-9-7-14(2)11-15(19)3/h7-12,17H,6,13H2,1-5H3,(H,25,29). The molecule has 1 unspecified atom stereocenters. The Kier molecular flexibility index (Phi) is 7.62. The molecule has 8 heteroatoms. The van der Waals surface area contributed by atoms with Crippen LogP contribution in [0.5, 0.6) is 5.75 Å². The molecule has 1 heterocycles. The van der Waals surface area contributed by atoms with Gasteiger partial charge in [-0.1, -0.05) is 41.1 Å². The average molecular weight is 459 g/mol. The monoisotopic (exact) mass is 458 g/mol. The predicted molar refractivity (Wildman–Crippen MR) is 126 cm³/mol. The van der Waals surface area contributed by atoms with Crippen LogP contribution >= 0.6 is 23.4 Å². The van der Waals surface area contributed by atoms with E-state index < -0.39 is 0 Å². The smallest absolute Gasteiger partial charge is 0.234 e. The second kappa shape index (κ2) is 10.2. The van der Waals surface area contributed by atoms with Crippen molar-refractivity contribution in [2.75, 3.05) is 11.1 Å². The van der Waals surface area contributed by atoms with E-state index in [0.29, 0.717) is 22.5 Å². The molecule has 1 atom stereocenters. The molecule has 3 rings (SSSR count). The lowest BCUT2D eigenvalue weighted by Gasteiger charge is -2.17. The van der Waals surface area contributed by atoms with E-state index in [4.69, 9.17) is 16.3 Å². The Morgan fingerprint density at radius 2 is 1.94 bits per heavy atom. The fraction of sp³-hybridized carbons (Fsp3) is 0.348. The summed E-state index contributed by atoms with van der Waals surface area (Å²) in [6, 6.07) is 11.5. The number of nitrogens with zero attached hydrogens (tertiary/aromatic N) is 3. The highest BCUT2D eigenvalue weighted by Gasteiger charge is 2.20. The van der Waals surface area contributed by atoms with Crippen molar-refractivity contribution in [2.45, 2.75) is 52.4 Å². The number of thioether (sulfide) groups is 1. The number of nitrogens with one attached hydrogen (secondary N) is 1. The van der Waals surface area contributed by atoms with Crippen LogP contribution in [0.15, 0.2) is 41.6 Å². The number of rotatable bonds is 8. The molecule has 3 aromatic rings. The van der Waals surface area contributed by atoms with Gasteiger partial charge in [-0.05, 0) is 70.0 Å². The number of carbonyl (C=O) groups is 1. The van der Waals surface area contributed by atoms with Gasteiger partial charge < -0.3 is 14.6 Å². The van der Waals surface area contributed by atoms with Crippen LogP contribution in [-0.2, 0) is 11.3 Å². The van der Waals surface area contributed by atoms with E-state index in [-0.39, 0.29) is 17.8 Å². The topological polar surface area (TPSA) is 69.0 Å². The number of hydrogen-bond acceptors (Lipinski definition) is 5. The van der Waals surface area contributed by atoms with Gasteiger partial charge in [0.05, 0.1) is 5.75 Å². The Labute approximate surface area is 192 Å². The SMILES string of the molecule is CCn1c(SCC(=O)Nc2ccc(C)cc2C)nnc1C(C)Oc1ccc(Cl)cc1C. The van der Waals surface area contributed by atoms with Gasteiger partial charge in [-0.3, -0.25) is 4.79 Å². The van der Waals surface area contributed by atoms with Crippen molar-refractivity contribution in [3.05, 3.63) is 63.9 Å². The molecule has 31 heavy (non-hydrogen) atoms. The van der Waals surface area contributed by atoms with Crippen LogP contribution in [0.1, 0.15) is 42.5 Å². The van der Waals surface area contributed by atoms with Gasteiger partial charge in [-0.2, -0.15) is 0 Å². The molecule has 0 spiro atoms. The van der Waals surface area contributed by atoms with Crippen LogP contribution in [0.4, 0.5) is 5.69 Å². The lowest BCUT2D eigenvalue weighted by Crippen LogP contribution is -2.16. The second-order valence-electron chi connectivity index (χ2n) is 7.41. The normalized spacial score (nSPS) is 11.9. The zero-order chi connectivity index (χ0) is 22.5. The third-order valence-electron chi connectivity index (χ3n) is 4.85. The molecule has 2 aromatic carbocycles. The number of aryl methyl sites for hydroxylation is 3. The summed E-state index contributed by atoms with van der Waals surface area (Å²) >= 11 is 7.39. The van der Waals surface area contributed by atoms with Crippen molar-refractivity contribution in [2.24, 2.45) is 0 Å². The van der Waals surface area contributed by atoms with E-state index >= 15 is 0 Å². The van der Waals surface area contributed by atoms with Gasteiger partial charge in [-0.25, -0.2) is 0 Å². The van der Waals surface area contributed by atoms with Crippen LogP contribution in [-0.4, -0.2) is 26.4 Å². The fourth-order valence-electron chi connectivity index (χ4n) is 3.26. The number of carbonyl (C=O) groups excluding carboxylic acids is 1. The van der Waals surface area contributed by atoms with E-state index in [1.807, 2.05) is 69.5 Å². The molecule has 1 N–H and O–H groups in total. The first-order valence-corrected chi connectivity index (χ1v) is 11.5. The number of anilines is 1. The highest BCUT2D eigenvalue weighted by atomic mass is 35.5. The van der Waals surface area contributed by atoms with Crippen molar-refractivity contribution in [1.29, 1.82) is 0 Å². The van der Waals surface area contributed by atoms with Gasteiger partial charge in [0.1, 0.15) is 5.75 Å². The molecule has 1 amide bonds. The number of aromatic nitrogens is 3. The first-order chi connectivity index (χ1) is 14.8. The Morgan fingerprint density at radius 1 is 1.16 bits per heavy atom. The molecule has 0 saturated heterocycles. The fourth-order valence-corrected chi connectivity index (χ4v) is 4.30. The van der Waals surface area contributed by atoms with Gasteiger partial charge in [0.15, 0.2) is 17.1 Å². The number of hydrogen-bond donors (Lipinski definition) is 1. The summed E-state index contributed by atoms with van der Waals surface area (Å²) in [5.74, 6) is 1.64. The van der Waals surface area contributed by atoms with Crippen molar-refractivity contribution < 1.29 is 9.53 Å². The van der Waals surface area contributed by atoms with Crippen LogP contribution in [0.25, 0.3) is 0 Å². The van der Waals surface area contributed by atoms with Gasteiger partial charge in [-0.15, -0.1) is 10.2 Å². The predicted octanol–water partition coefficient (Wildman–Crippen LogP) is 5.75. The van der Waals surface area contributed by atoms with Crippen LogP contribution in [0.2, 0.25) is 5.02 Å². The summed E-state index contributed by atoms with van der Waals surface area (Å²) in [5.41, 5.74) is 3.99. The summed E-state index contributed by atoms with van der Waals surface area (Å²) in [6.45, 7) is 10.6. The number of halogens is 1. The van der Waals surface area contributed by atoms with E-state index in [9.17, 15) is 4.79 Å². The van der Waals surface area contributed by atoms with E-state index in [0.717, 1.165) is 22.6 Å². The van der Waals surface area contributed by atoms with Gasteiger partial charge in [0.25, 0.3) is 0 Å². The summed E-state index contributed by atoms with van der Waals surface area (Å²) in [7, 11) is 0. The Morgan fingerprint density at radius 3 is 2.61 bits per heavy atom. The zero-order valence-electron chi connectivity index (χ0n) is 18.4. The minimum absolute atomic E-state index is 0.0785. The van der Waals surface area contributed by atoms with Crippen molar-refractivity contribution in [3.63, 3.8) is 0 Å². The maximum absolute atomic E-state index is 12.4. The minimum Gasteiger partial charge on any atom is -0.482 e. The molecule has 0 radical (unpaired) electrons. The first kappa shape index (κ1) is 23.2. The highest BCUT2D eigenvalue weighted by Crippen LogP contribution is 2.28. The van der Waals surface area contributed by atoms with Gasteiger partial charge in [0, 0.05) is 17.3 Å².